The number of halogens is 1. The van der Waals surface area contributed by atoms with Crippen LogP contribution in [0.15, 0.2) is 48.9 Å². The fourth-order valence-corrected chi connectivity index (χ4v) is 3.41. The van der Waals surface area contributed by atoms with Crippen LogP contribution in [-0.2, 0) is 13.2 Å². The van der Waals surface area contributed by atoms with Crippen LogP contribution in [0.3, 0.4) is 0 Å². The number of aliphatic hydroxyl groups is 1. The van der Waals surface area contributed by atoms with Crippen LogP contribution in [0.4, 0.5) is 4.39 Å². The molecule has 0 saturated heterocycles. The summed E-state index contributed by atoms with van der Waals surface area (Å²) in [5, 5.41) is 15.4. The molecule has 0 bridgehead atoms. The molecule has 0 spiro atoms. The highest BCUT2D eigenvalue weighted by Crippen LogP contribution is 2.37. The van der Waals surface area contributed by atoms with Gasteiger partial charge in [-0.15, -0.1) is 0 Å². The maximum Gasteiger partial charge on any atom is 0.159 e. The molecule has 0 atom stereocenters. The molecule has 0 aliphatic rings. The van der Waals surface area contributed by atoms with Crippen molar-refractivity contribution in [3.05, 3.63) is 65.9 Å². The van der Waals surface area contributed by atoms with Gasteiger partial charge in [-0.05, 0) is 37.6 Å². The van der Waals surface area contributed by atoms with E-state index in [4.69, 9.17) is 4.98 Å². The van der Waals surface area contributed by atoms with Crippen molar-refractivity contribution in [3.8, 4) is 22.4 Å². The Morgan fingerprint density at radius 1 is 1.15 bits per heavy atom. The fraction of sp³-hybridized carbons (Fsp3) is 0.190. The molecular formula is C21H19FN4O. The maximum absolute atomic E-state index is 14.5. The second-order valence-corrected chi connectivity index (χ2v) is 6.40. The zero-order valence-electron chi connectivity index (χ0n) is 15.1. The van der Waals surface area contributed by atoms with E-state index in [1.807, 2.05) is 19.9 Å². The minimum absolute atomic E-state index is 0.271. The van der Waals surface area contributed by atoms with Gasteiger partial charge in [0, 0.05) is 46.6 Å². The van der Waals surface area contributed by atoms with Crippen molar-refractivity contribution in [1.82, 2.24) is 19.7 Å². The monoisotopic (exact) mass is 362 g/mol. The first-order chi connectivity index (χ1) is 13.1. The summed E-state index contributed by atoms with van der Waals surface area (Å²) in [6, 6.07) is 8.46. The van der Waals surface area contributed by atoms with Gasteiger partial charge in [0.15, 0.2) is 5.65 Å². The first-order valence-corrected chi connectivity index (χ1v) is 8.80. The average Bonchev–Trinajstić information content (AvgIpc) is 3.09. The van der Waals surface area contributed by atoms with Crippen LogP contribution in [0, 0.1) is 12.7 Å². The zero-order chi connectivity index (χ0) is 19.0. The van der Waals surface area contributed by atoms with Gasteiger partial charge in [-0.3, -0.25) is 4.98 Å². The lowest BCUT2D eigenvalue weighted by atomic mass is 9.94. The summed E-state index contributed by atoms with van der Waals surface area (Å²) >= 11 is 0. The van der Waals surface area contributed by atoms with Crippen molar-refractivity contribution in [2.75, 3.05) is 0 Å². The third kappa shape index (κ3) is 2.88. The molecule has 4 rings (SSSR count). The molecule has 3 aromatic heterocycles. The normalized spacial score (nSPS) is 11.3. The molecule has 1 N–H and O–H groups in total. The number of aliphatic hydroxyl groups excluding tert-OH is 1. The molecule has 5 nitrogen and oxygen atoms in total. The highest BCUT2D eigenvalue weighted by atomic mass is 19.1. The van der Waals surface area contributed by atoms with Crippen LogP contribution in [0.5, 0.6) is 0 Å². The Bertz CT molecular complexity index is 1140. The maximum atomic E-state index is 14.5. The summed E-state index contributed by atoms with van der Waals surface area (Å²) in [4.78, 5) is 8.98. The van der Waals surface area contributed by atoms with Gasteiger partial charge in [0.05, 0.1) is 18.5 Å². The lowest BCUT2D eigenvalue weighted by Gasteiger charge is -2.15. The minimum atomic E-state index is -0.380. The molecule has 1 aromatic carbocycles. The van der Waals surface area contributed by atoms with Gasteiger partial charge in [-0.2, -0.15) is 5.10 Å². The van der Waals surface area contributed by atoms with Gasteiger partial charge in [0.25, 0.3) is 0 Å². The number of hydrogen-bond acceptors (Lipinski definition) is 4. The number of nitrogens with zero attached hydrogens (tertiary/aromatic N) is 4. The van der Waals surface area contributed by atoms with Crippen molar-refractivity contribution in [1.29, 1.82) is 0 Å². The minimum Gasteiger partial charge on any atom is -0.392 e. The van der Waals surface area contributed by atoms with E-state index in [9.17, 15) is 9.50 Å². The second-order valence-electron chi connectivity index (χ2n) is 6.40. The molecule has 6 heteroatoms. The number of rotatable bonds is 4. The average molecular weight is 362 g/mol. The van der Waals surface area contributed by atoms with Gasteiger partial charge in [0.2, 0.25) is 0 Å². The molecule has 136 valence electrons. The molecule has 4 aromatic rings. The third-order valence-corrected chi connectivity index (χ3v) is 4.64. The van der Waals surface area contributed by atoms with E-state index in [2.05, 4.69) is 10.1 Å². The summed E-state index contributed by atoms with van der Waals surface area (Å²) in [6.07, 6.45) is 5.26. The second kappa shape index (κ2) is 6.89. The summed E-state index contributed by atoms with van der Waals surface area (Å²) in [6.45, 7) is 4.30. The van der Waals surface area contributed by atoms with Crippen LogP contribution in [0.25, 0.3) is 33.4 Å². The Kier molecular flexibility index (Phi) is 4.41. The van der Waals surface area contributed by atoms with Gasteiger partial charge in [0.1, 0.15) is 5.82 Å². The summed E-state index contributed by atoms with van der Waals surface area (Å²) in [5.74, 6) is -0.380. The first-order valence-electron chi connectivity index (χ1n) is 8.80. The van der Waals surface area contributed by atoms with E-state index in [1.54, 1.807) is 41.5 Å². The predicted molar refractivity (Wildman–Crippen MR) is 102 cm³/mol. The van der Waals surface area contributed by atoms with Gasteiger partial charge < -0.3 is 5.11 Å². The molecule has 0 saturated carbocycles. The fourth-order valence-electron chi connectivity index (χ4n) is 3.41. The Hall–Kier alpha value is -3.12. The van der Waals surface area contributed by atoms with Crippen LogP contribution >= 0.6 is 0 Å². The van der Waals surface area contributed by atoms with Crippen molar-refractivity contribution in [2.45, 2.75) is 27.0 Å². The number of fused-ring (bicyclic) bond motifs is 1. The number of aromatic nitrogens is 4. The van der Waals surface area contributed by atoms with Crippen molar-refractivity contribution in [2.24, 2.45) is 0 Å². The standard InChI is InChI=1S/C21H19FN4O/c1-3-26-21-16(11-24-26)19(14-8-13(2)9-23-10-14)17(12-27)20(25-21)15-6-4-5-7-18(15)22/h4-11,27H,3,12H2,1-2H3. The lowest BCUT2D eigenvalue weighted by molar-refractivity contribution is 0.282. The van der Waals surface area contributed by atoms with Crippen LogP contribution < -0.4 is 0 Å². The Morgan fingerprint density at radius 2 is 1.96 bits per heavy atom. The largest absolute Gasteiger partial charge is 0.392 e. The van der Waals surface area contributed by atoms with Crippen molar-refractivity contribution < 1.29 is 9.50 Å². The Labute approximate surface area is 156 Å². The summed E-state index contributed by atoms with van der Waals surface area (Å²) < 4.78 is 16.3. The molecule has 27 heavy (non-hydrogen) atoms. The number of pyridine rings is 2. The Balaban J connectivity index is 2.15. The summed E-state index contributed by atoms with van der Waals surface area (Å²) in [5.41, 5.74) is 4.64. The molecular weight excluding hydrogens is 343 g/mol. The third-order valence-electron chi connectivity index (χ3n) is 4.64. The van der Waals surface area contributed by atoms with Gasteiger partial charge >= 0.3 is 0 Å². The van der Waals surface area contributed by atoms with Crippen molar-refractivity contribution in [3.63, 3.8) is 0 Å². The van der Waals surface area contributed by atoms with E-state index in [1.165, 1.54) is 6.07 Å². The molecule has 3 heterocycles. The van der Waals surface area contributed by atoms with E-state index in [0.717, 1.165) is 22.1 Å². The highest BCUT2D eigenvalue weighted by molar-refractivity contribution is 5.97. The zero-order valence-corrected chi connectivity index (χ0v) is 15.1. The molecule has 0 unspecified atom stereocenters. The first kappa shape index (κ1) is 17.3. The highest BCUT2D eigenvalue weighted by Gasteiger charge is 2.21. The molecule has 0 fully saturated rings. The van der Waals surface area contributed by atoms with Crippen LogP contribution in [-0.4, -0.2) is 24.9 Å². The predicted octanol–water partition coefficient (Wildman–Crippen LogP) is 4.12. The Morgan fingerprint density at radius 3 is 2.67 bits per heavy atom. The quantitative estimate of drug-likeness (QED) is 0.593. The van der Waals surface area contributed by atoms with Gasteiger partial charge in [-0.1, -0.05) is 12.1 Å². The van der Waals surface area contributed by atoms with Crippen molar-refractivity contribution >= 4 is 11.0 Å². The topological polar surface area (TPSA) is 63.8 Å². The molecule has 0 amide bonds. The van der Waals surface area contributed by atoms with E-state index < -0.39 is 0 Å². The number of benzene rings is 1. The van der Waals surface area contributed by atoms with E-state index >= 15 is 0 Å². The summed E-state index contributed by atoms with van der Waals surface area (Å²) in [7, 11) is 0. The van der Waals surface area contributed by atoms with Crippen LogP contribution in [0.1, 0.15) is 18.1 Å². The SMILES string of the molecule is CCn1ncc2c(-c3cncc(C)c3)c(CO)c(-c3ccccc3F)nc21. The van der Waals surface area contributed by atoms with Crippen LogP contribution in [0.2, 0.25) is 0 Å². The van der Waals surface area contributed by atoms with Gasteiger partial charge in [-0.25, -0.2) is 14.1 Å². The number of aryl methyl sites for hydroxylation is 2. The smallest absolute Gasteiger partial charge is 0.159 e. The molecule has 0 radical (unpaired) electrons. The molecule has 0 aliphatic heterocycles. The molecule has 0 aliphatic carbocycles. The number of hydrogen-bond donors (Lipinski definition) is 1. The van der Waals surface area contributed by atoms with E-state index in [-0.39, 0.29) is 12.4 Å². The lowest BCUT2D eigenvalue weighted by Crippen LogP contribution is -2.04. The van der Waals surface area contributed by atoms with E-state index in [0.29, 0.717) is 29.0 Å².